The van der Waals surface area contributed by atoms with Crippen molar-refractivity contribution in [2.45, 2.75) is 19.4 Å². The summed E-state index contributed by atoms with van der Waals surface area (Å²) in [6.07, 6.45) is 6.69. The van der Waals surface area contributed by atoms with Crippen molar-refractivity contribution in [3.63, 3.8) is 0 Å². The third kappa shape index (κ3) is 3.43. The zero-order chi connectivity index (χ0) is 14.7. The predicted octanol–water partition coefficient (Wildman–Crippen LogP) is 1.03. The first kappa shape index (κ1) is 14.5. The van der Waals surface area contributed by atoms with Crippen molar-refractivity contribution in [1.82, 2.24) is 24.0 Å². The normalized spacial score (nSPS) is 16.4. The molecule has 1 fully saturated rings. The van der Waals surface area contributed by atoms with Gasteiger partial charge in [0.2, 0.25) is 0 Å². The molecule has 7 nitrogen and oxygen atoms in total. The van der Waals surface area contributed by atoms with Crippen LogP contribution in [0.25, 0.3) is 10.7 Å². The largest absolute Gasteiger partial charge is 0.279 e. The number of nitrogens with one attached hydrogen (secondary N) is 1. The molecule has 112 valence electrons. The van der Waals surface area contributed by atoms with E-state index in [9.17, 15) is 8.42 Å². The van der Waals surface area contributed by atoms with Gasteiger partial charge in [0.1, 0.15) is 10.7 Å². The monoisotopic (exact) mass is 325 g/mol. The lowest BCUT2D eigenvalue weighted by Gasteiger charge is -2.15. The molecule has 0 saturated carbocycles. The number of nitrogens with zero attached hydrogens (tertiary/aromatic N) is 4. The molecule has 0 unspecified atom stereocenters. The summed E-state index contributed by atoms with van der Waals surface area (Å²) in [7, 11) is -3.39. The van der Waals surface area contributed by atoms with Crippen LogP contribution in [0.2, 0.25) is 0 Å². The second-order valence-corrected chi connectivity index (χ2v) is 7.28. The Bertz CT molecular complexity index is 695. The van der Waals surface area contributed by atoms with E-state index in [4.69, 9.17) is 0 Å². The van der Waals surface area contributed by atoms with E-state index in [2.05, 4.69) is 19.7 Å². The summed E-state index contributed by atoms with van der Waals surface area (Å²) in [4.78, 5) is 12.5. The van der Waals surface area contributed by atoms with E-state index in [0.29, 0.717) is 24.5 Å². The van der Waals surface area contributed by atoms with Crippen molar-refractivity contribution in [1.29, 1.82) is 0 Å². The minimum Gasteiger partial charge on any atom is -0.261 e. The molecular formula is C12H15N5O2S2. The SMILES string of the molecule is O=S(=O)(NCc1csc(-c2cnccn2)n1)N1CCCC1. The molecule has 0 radical (unpaired) electrons. The third-order valence-electron chi connectivity index (χ3n) is 3.17. The number of hydrogen-bond donors (Lipinski definition) is 1. The summed E-state index contributed by atoms with van der Waals surface area (Å²) in [5, 5.41) is 2.56. The molecule has 3 rings (SSSR count). The van der Waals surface area contributed by atoms with Gasteiger partial charge < -0.3 is 0 Å². The molecule has 0 spiro atoms. The van der Waals surface area contributed by atoms with E-state index in [1.807, 2.05) is 5.38 Å². The van der Waals surface area contributed by atoms with Gasteiger partial charge in [-0.25, -0.2) is 4.98 Å². The molecule has 9 heteroatoms. The summed E-state index contributed by atoms with van der Waals surface area (Å²) in [6.45, 7) is 1.38. The van der Waals surface area contributed by atoms with Gasteiger partial charge in [-0.3, -0.25) is 9.97 Å². The average Bonchev–Trinajstić information content (AvgIpc) is 3.18. The van der Waals surface area contributed by atoms with Gasteiger partial charge in [-0.05, 0) is 12.8 Å². The van der Waals surface area contributed by atoms with E-state index in [0.717, 1.165) is 17.8 Å². The molecule has 0 aliphatic carbocycles. The van der Waals surface area contributed by atoms with E-state index in [1.165, 1.54) is 15.6 Å². The zero-order valence-electron chi connectivity index (χ0n) is 11.3. The molecule has 2 aromatic heterocycles. The van der Waals surface area contributed by atoms with Gasteiger partial charge in [0, 0.05) is 30.9 Å². The smallest absolute Gasteiger partial charge is 0.261 e. The Morgan fingerprint density at radius 2 is 2.10 bits per heavy atom. The first-order chi connectivity index (χ1) is 10.1. The first-order valence-electron chi connectivity index (χ1n) is 6.61. The molecule has 0 aromatic carbocycles. The van der Waals surface area contributed by atoms with Gasteiger partial charge >= 0.3 is 0 Å². The minimum atomic E-state index is -3.39. The highest BCUT2D eigenvalue weighted by Crippen LogP contribution is 2.21. The molecule has 1 aliphatic rings. The van der Waals surface area contributed by atoms with E-state index in [1.54, 1.807) is 18.6 Å². The molecule has 0 atom stereocenters. The lowest BCUT2D eigenvalue weighted by molar-refractivity contribution is 0.464. The summed E-state index contributed by atoms with van der Waals surface area (Å²) >= 11 is 1.42. The maximum atomic E-state index is 12.1. The molecule has 1 saturated heterocycles. The lowest BCUT2D eigenvalue weighted by atomic mass is 10.4. The molecule has 3 heterocycles. The Balaban J connectivity index is 1.65. The number of hydrogen-bond acceptors (Lipinski definition) is 6. The fourth-order valence-corrected chi connectivity index (χ4v) is 4.13. The van der Waals surface area contributed by atoms with Crippen molar-refractivity contribution in [3.05, 3.63) is 29.7 Å². The predicted molar refractivity (Wildman–Crippen MR) is 79.7 cm³/mol. The van der Waals surface area contributed by atoms with Gasteiger partial charge in [-0.15, -0.1) is 11.3 Å². The first-order valence-corrected chi connectivity index (χ1v) is 8.93. The maximum Gasteiger partial charge on any atom is 0.279 e. The highest BCUT2D eigenvalue weighted by Gasteiger charge is 2.24. The molecule has 0 bridgehead atoms. The Kier molecular flexibility index (Phi) is 4.24. The van der Waals surface area contributed by atoms with E-state index >= 15 is 0 Å². The van der Waals surface area contributed by atoms with Crippen LogP contribution in [-0.4, -0.2) is 40.8 Å². The second-order valence-electron chi connectivity index (χ2n) is 4.67. The highest BCUT2D eigenvalue weighted by molar-refractivity contribution is 7.87. The van der Waals surface area contributed by atoms with E-state index < -0.39 is 10.2 Å². The quantitative estimate of drug-likeness (QED) is 0.887. The van der Waals surface area contributed by atoms with Crippen molar-refractivity contribution >= 4 is 21.5 Å². The van der Waals surface area contributed by atoms with Crippen LogP contribution in [0.1, 0.15) is 18.5 Å². The van der Waals surface area contributed by atoms with Crippen LogP contribution >= 0.6 is 11.3 Å². The molecular weight excluding hydrogens is 310 g/mol. The van der Waals surface area contributed by atoms with Crippen LogP contribution in [0.4, 0.5) is 0 Å². The molecule has 2 aromatic rings. The summed E-state index contributed by atoms with van der Waals surface area (Å²) < 4.78 is 28.2. The zero-order valence-corrected chi connectivity index (χ0v) is 12.9. The molecule has 1 N–H and O–H groups in total. The molecule has 0 amide bonds. The van der Waals surface area contributed by atoms with Crippen LogP contribution < -0.4 is 4.72 Å². The van der Waals surface area contributed by atoms with Crippen molar-refractivity contribution in [3.8, 4) is 10.7 Å². The summed E-state index contributed by atoms with van der Waals surface area (Å²) in [6, 6.07) is 0. The number of thiazole rings is 1. The Morgan fingerprint density at radius 3 is 2.81 bits per heavy atom. The van der Waals surface area contributed by atoms with Crippen LogP contribution in [0.3, 0.4) is 0 Å². The van der Waals surface area contributed by atoms with Gasteiger partial charge in [0.15, 0.2) is 0 Å². The summed E-state index contributed by atoms with van der Waals surface area (Å²) in [5.74, 6) is 0. The van der Waals surface area contributed by atoms with Gasteiger partial charge in [-0.2, -0.15) is 17.4 Å². The fraction of sp³-hybridized carbons (Fsp3) is 0.417. The number of rotatable bonds is 5. The topological polar surface area (TPSA) is 88.1 Å². The standard InChI is InChI=1S/C12H15N5O2S2/c18-21(19,17-5-1-2-6-17)15-7-10-9-20-12(16-10)11-8-13-3-4-14-11/h3-4,8-9,15H,1-2,5-7H2. The third-order valence-corrected chi connectivity index (χ3v) is 5.64. The van der Waals surface area contributed by atoms with E-state index in [-0.39, 0.29) is 6.54 Å². The van der Waals surface area contributed by atoms with Crippen LogP contribution in [0.5, 0.6) is 0 Å². The van der Waals surface area contributed by atoms with Crippen molar-refractivity contribution in [2.75, 3.05) is 13.1 Å². The number of aromatic nitrogens is 3. The maximum absolute atomic E-state index is 12.1. The highest BCUT2D eigenvalue weighted by atomic mass is 32.2. The average molecular weight is 325 g/mol. The minimum absolute atomic E-state index is 0.190. The molecule has 1 aliphatic heterocycles. The Hall–Kier alpha value is -1.42. The fourth-order valence-electron chi connectivity index (χ4n) is 2.10. The Labute approximate surface area is 127 Å². The van der Waals surface area contributed by atoms with Crippen LogP contribution in [-0.2, 0) is 16.8 Å². The second kappa shape index (κ2) is 6.14. The lowest BCUT2D eigenvalue weighted by Crippen LogP contribution is -2.38. The van der Waals surface area contributed by atoms with Crippen LogP contribution in [0, 0.1) is 0 Å². The van der Waals surface area contributed by atoms with Gasteiger partial charge in [0.25, 0.3) is 10.2 Å². The Morgan fingerprint density at radius 1 is 1.29 bits per heavy atom. The molecule has 21 heavy (non-hydrogen) atoms. The van der Waals surface area contributed by atoms with Crippen LogP contribution in [0.15, 0.2) is 24.0 Å². The van der Waals surface area contributed by atoms with Crippen molar-refractivity contribution in [2.24, 2.45) is 0 Å². The van der Waals surface area contributed by atoms with Gasteiger partial charge in [-0.1, -0.05) is 0 Å². The van der Waals surface area contributed by atoms with Gasteiger partial charge in [0.05, 0.1) is 18.4 Å². The van der Waals surface area contributed by atoms with Crippen molar-refractivity contribution < 1.29 is 8.42 Å². The summed E-state index contributed by atoms with van der Waals surface area (Å²) in [5.41, 5.74) is 1.37.